The molecule has 5 heteroatoms. The van der Waals surface area contributed by atoms with Crippen molar-refractivity contribution >= 4 is 34.8 Å². The Kier molecular flexibility index (Phi) is 5.23. The number of halogens is 1. The summed E-state index contributed by atoms with van der Waals surface area (Å²) in [7, 11) is 3.14. The van der Waals surface area contributed by atoms with Gasteiger partial charge in [0.25, 0.3) is 5.91 Å². The average Bonchev–Trinajstić information content (AvgIpc) is 2.87. The van der Waals surface area contributed by atoms with Crippen LogP contribution in [0.3, 0.4) is 0 Å². The summed E-state index contributed by atoms with van der Waals surface area (Å²) in [4.78, 5) is 14.9. The van der Waals surface area contributed by atoms with E-state index >= 15 is 0 Å². The summed E-state index contributed by atoms with van der Waals surface area (Å²) < 4.78 is 10.7. The predicted octanol–water partition coefficient (Wildman–Crippen LogP) is 4.90. The smallest absolute Gasteiger partial charge is 0.259 e. The molecule has 0 atom stereocenters. The fourth-order valence-corrected chi connectivity index (χ4v) is 3.39. The Balaban J connectivity index is 2.12. The lowest BCUT2D eigenvalue weighted by Gasteiger charge is -2.19. The number of para-hydroxylation sites is 1. The molecule has 1 aliphatic heterocycles. The summed E-state index contributed by atoms with van der Waals surface area (Å²) in [6, 6.07) is 11.3. The number of nitrogens with zero attached hydrogens (tertiary/aromatic N) is 1. The third kappa shape index (κ3) is 3.29. The van der Waals surface area contributed by atoms with Crippen LogP contribution in [-0.2, 0) is 4.79 Å². The van der Waals surface area contributed by atoms with E-state index in [0.29, 0.717) is 34.6 Å². The number of methoxy groups -OCH3 is 2. The topological polar surface area (TPSA) is 38.8 Å². The van der Waals surface area contributed by atoms with Crippen LogP contribution in [0.2, 0.25) is 5.02 Å². The molecule has 0 N–H and O–H groups in total. The highest BCUT2D eigenvalue weighted by atomic mass is 35.5. The van der Waals surface area contributed by atoms with Gasteiger partial charge in [0.1, 0.15) is 11.5 Å². The first-order chi connectivity index (χ1) is 12.5. The molecule has 136 valence electrons. The zero-order valence-corrected chi connectivity index (χ0v) is 16.1. The number of hydrogen-bond acceptors (Lipinski definition) is 3. The van der Waals surface area contributed by atoms with Crippen LogP contribution >= 0.6 is 11.6 Å². The molecular formula is C21H22ClNO3. The molecule has 1 aliphatic rings. The Morgan fingerprint density at radius 3 is 2.46 bits per heavy atom. The molecule has 0 aliphatic carbocycles. The lowest BCUT2D eigenvalue weighted by Crippen LogP contribution is -2.30. The van der Waals surface area contributed by atoms with Gasteiger partial charge in [0, 0.05) is 29.3 Å². The Morgan fingerprint density at radius 1 is 1.12 bits per heavy atom. The van der Waals surface area contributed by atoms with Gasteiger partial charge in [-0.1, -0.05) is 43.6 Å². The van der Waals surface area contributed by atoms with Crippen molar-refractivity contribution in [2.24, 2.45) is 5.92 Å². The molecule has 0 fully saturated rings. The lowest BCUT2D eigenvalue weighted by molar-refractivity contribution is -0.113. The second-order valence-electron chi connectivity index (χ2n) is 6.61. The minimum atomic E-state index is -0.00565. The standard InChI is InChI=1S/C21H22ClNO3/c1-13(2)12-23-18-8-6-5-7-15(18)16(21(23)24)9-14-10-17(22)20(26-4)11-19(14)25-3/h5-11,13H,12H2,1-4H3/b16-9-. The van der Waals surface area contributed by atoms with E-state index in [4.69, 9.17) is 21.1 Å². The maximum atomic E-state index is 13.1. The number of hydrogen-bond donors (Lipinski definition) is 0. The maximum Gasteiger partial charge on any atom is 0.259 e. The number of ether oxygens (including phenoxy) is 2. The summed E-state index contributed by atoms with van der Waals surface area (Å²) >= 11 is 6.27. The fraction of sp³-hybridized carbons (Fsp3) is 0.286. The Morgan fingerprint density at radius 2 is 1.81 bits per heavy atom. The number of benzene rings is 2. The SMILES string of the molecule is COc1cc(OC)c(/C=C2\C(=O)N(CC(C)C)c3ccccc32)cc1Cl. The Labute approximate surface area is 159 Å². The van der Waals surface area contributed by atoms with E-state index in [-0.39, 0.29) is 5.91 Å². The highest BCUT2D eigenvalue weighted by Gasteiger charge is 2.32. The van der Waals surface area contributed by atoms with Crippen LogP contribution in [0.1, 0.15) is 25.0 Å². The number of rotatable bonds is 5. The number of anilines is 1. The van der Waals surface area contributed by atoms with E-state index in [0.717, 1.165) is 16.8 Å². The fourth-order valence-electron chi connectivity index (χ4n) is 3.14. The minimum Gasteiger partial charge on any atom is -0.496 e. The van der Waals surface area contributed by atoms with Crippen molar-refractivity contribution in [2.45, 2.75) is 13.8 Å². The Bertz CT molecular complexity index is 874. The second kappa shape index (κ2) is 7.42. The summed E-state index contributed by atoms with van der Waals surface area (Å²) in [5, 5.41) is 0.470. The highest BCUT2D eigenvalue weighted by Crippen LogP contribution is 2.40. The third-order valence-electron chi connectivity index (χ3n) is 4.31. The molecule has 0 bridgehead atoms. The third-order valence-corrected chi connectivity index (χ3v) is 4.61. The molecule has 0 spiro atoms. The molecule has 4 nitrogen and oxygen atoms in total. The maximum absolute atomic E-state index is 13.1. The van der Waals surface area contributed by atoms with Crippen LogP contribution in [0.15, 0.2) is 36.4 Å². The van der Waals surface area contributed by atoms with Crippen molar-refractivity contribution in [3.63, 3.8) is 0 Å². The quantitative estimate of drug-likeness (QED) is 0.701. The zero-order valence-electron chi connectivity index (χ0n) is 15.4. The van der Waals surface area contributed by atoms with Gasteiger partial charge in [0.2, 0.25) is 0 Å². The van der Waals surface area contributed by atoms with Gasteiger partial charge in [-0.2, -0.15) is 0 Å². The van der Waals surface area contributed by atoms with E-state index in [1.807, 2.05) is 35.2 Å². The first kappa shape index (κ1) is 18.3. The molecule has 0 saturated carbocycles. The summed E-state index contributed by atoms with van der Waals surface area (Å²) in [6.07, 6.45) is 1.84. The van der Waals surface area contributed by atoms with Crippen LogP contribution in [-0.4, -0.2) is 26.7 Å². The first-order valence-corrected chi connectivity index (χ1v) is 8.88. The zero-order chi connectivity index (χ0) is 18.8. The molecular weight excluding hydrogens is 350 g/mol. The van der Waals surface area contributed by atoms with Gasteiger partial charge in [-0.3, -0.25) is 4.79 Å². The first-order valence-electron chi connectivity index (χ1n) is 8.50. The highest BCUT2D eigenvalue weighted by molar-refractivity contribution is 6.36. The molecule has 2 aromatic rings. The molecule has 0 unspecified atom stereocenters. The molecule has 1 amide bonds. The number of carbonyl (C=O) groups excluding carboxylic acids is 1. The molecule has 26 heavy (non-hydrogen) atoms. The van der Waals surface area contributed by atoms with Crippen LogP contribution in [0.4, 0.5) is 5.69 Å². The Hall–Kier alpha value is -2.46. The van der Waals surface area contributed by atoms with Crippen molar-refractivity contribution in [1.82, 2.24) is 0 Å². The van der Waals surface area contributed by atoms with Crippen LogP contribution < -0.4 is 14.4 Å². The summed E-state index contributed by atoms with van der Waals surface area (Å²) in [5.74, 6) is 1.50. The second-order valence-corrected chi connectivity index (χ2v) is 7.02. The van der Waals surface area contributed by atoms with Gasteiger partial charge in [0.05, 0.1) is 24.9 Å². The molecule has 1 heterocycles. The predicted molar refractivity (Wildman–Crippen MR) is 106 cm³/mol. The van der Waals surface area contributed by atoms with Crippen molar-refractivity contribution < 1.29 is 14.3 Å². The number of fused-ring (bicyclic) bond motifs is 1. The number of amides is 1. The van der Waals surface area contributed by atoms with Crippen molar-refractivity contribution in [3.8, 4) is 11.5 Å². The van der Waals surface area contributed by atoms with E-state index in [9.17, 15) is 4.79 Å². The van der Waals surface area contributed by atoms with Crippen LogP contribution in [0, 0.1) is 5.92 Å². The van der Waals surface area contributed by atoms with E-state index < -0.39 is 0 Å². The summed E-state index contributed by atoms with van der Waals surface area (Å²) in [5.41, 5.74) is 3.24. The van der Waals surface area contributed by atoms with Crippen LogP contribution in [0.5, 0.6) is 11.5 Å². The molecule has 0 saturated heterocycles. The average molecular weight is 372 g/mol. The van der Waals surface area contributed by atoms with Crippen molar-refractivity contribution in [3.05, 3.63) is 52.5 Å². The van der Waals surface area contributed by atoms with Gasteiger partial charge >= 0.3 is 0 Å². The van der Waals surface area contributed by atoms with E-state index in [1.165, 1.54) is 0 Å². The molecule has 2 aromatic carbocycles. The van der Waals surface area contributed by atoms with E-state index in [2.05, 4.69) is 13.8 Å². The largest absolute Gasteiger partial charge is 0.496 e. The summed E-state index contributed by atoms with van der Waals surface area (Å²) in [6.45, 7) is 4.88. The monoisotopic (exact) mass is 371 g/mol. The van der Waals surface area contributed by atoms with Gasteiger partial charge in [-0.05, 0) is 24.1 Å². The molecule has 0 aromatic heterocycles. The van der Waals surface area contributed by atoms with Crippen molar-refractivity contribution in [2.75, 3.05) is 25.7 Å². The van der Waals surface area contributed by atoms with Gasteiger partial charge in [-0.25, -0.2) is 0 Å². The number of carbonyl (C=O) groups is 1. The molecule has 0 radical (unpaired) electrons. The molecule has 3 rings (SSSR count). The van der Waals surface area contributed by atoms with Gasteiger partial charge in [-0.15, -0.1) is 0 Å². The normalized spacial score (nSPS) is 14.9. The minimum absolute atomic E-state index is 0.00565. The lowest BCUT2D eigenvalue weighted by atomic mass is 10.0. The van der Waals surface area contributed by atoms with Crippen molar-refractivity contribution in [1.29, 1.82) is 0 Å². The van der Waals surface area contributed by atoms with Gasteiger partial charge in [0.15, 0.2) is 0 Å². The van der Waals surface area contributed by atoms with Crippen LogP contribution in [0.25, 0.3) is 11.6 Å². The van der Waals surface area contributed by atoms with Gasteiger partial charge < -0.3 is 14.4 Å². The van der Waals surface area contributed by atoms with E-state index in [1.54, 1.807) is 26.4 Å².